The zero-order valence-corrected chi connectivity index (χ0v) is 17.8. The summed E-state index contributed by atoms with van der Waals surface area (Å²) in [4.78, 5) is 0. The van der Waals surface area contributed by atoms with Crippen molar-refractivity contribution in [2.45, 2.75) is 0 Å². The van der Waals surface area contributed by atoms with Gasteiger partial charge in [-0.2, -0.15) is 0 Å². The zero-order valence-electron chi connectivity index (χ0n) is 16.2. The lowest BCUT2D eigenvalue weighted by Crippen LogP contribution is -1.97. The van der Waals surface area contributed by atoms with Crippen LogP contribution in [0.3, 0.4) is 0 Å². The summed E-state index contributed by atoms with van der Waals surface area (Å²) in [5.41, 5.74) is 6.15. The second-order valence-electron chi connectivity index (χ2n) is 7.53. The fraction of sp³-hybridized carbons (Fsp3) is 0. The molecule has 0 saturated carbocycles. The number of para-hydroxylation sites is 2. The Morgan fingerprint density at radius 2 is 1.17 bits per heavy atom. The zero-order chi connectivity index (χ0) is 20.1. The third-order valence-corrected chi connectivity index (χ3v) is 6.56. The average molecular weight is 448 g/mol. The van der Waals surface area contributed by atoms with Gasteiger partial charge < -0.3 is 4.57 Å². The number of hydrogen-bond donors (Lipinski definition) is 0. The van der Waals surface area contributed by atoms with Crippen LogP contribution in [0.1, 0.15) is 0 Å². The highest BCUT2D eigenvalue weighted by atomic mass is 79.9. The molecule has 0 atom stereocenters. The molecule has 6 aromatic rings. The molecule has 0 fully saturated rings. The molecule has 0 aliphatic rings. The van der Waals surface area contributed by atoms with E-state index in [-0.39, 0.29) is 0 Å². The maximum absolute atomic E-state index is 3.74. The summed E-state index contributed by atoms with van der Waals surface area (Å²) >= 11 is 3.74. The summed E-state index contributed by atoms with van der Waals surface area (Å²) < 4.78 is 3.55. The molecule has 0 amide bonds. The summed E-state index contributed by atoms with van der Waals surface area (Å²) in [5, 5.41) is 5.01. The first-order valence-corrected chi connectivity index (χ1v) is 10.9. The van der Waals surface area contributed by atoms with Crippen molar-refractivity contribution in [2.75, 3.05) is 0 Å². The Balaban J connectivity index is 1.84. The van der Waals surface area contributed by atoms with E-state index in [9.17, 15) is 0 Å². The summed E-state index contributed by atoms with van der Waals surface area (Å²) in [6.07, 6.45) is 0. The lowest BCUT2D eigenvalue weighted by atomic mass is 10.0. The van der Waals surface area contributed by atoms with Crippen LogP contribution in [0.5, 0.6) is 0 Å². The third-order valence-electron chi connectivity index (χ3n) is 5.87. The summed E-state index contributed by atoms with van der Waals surface area (Å²) in [6, 6.07) is 39.0. The Bertz CT molecular complexity index is 1540. The Labute approximate surface area is 183 Å². The second-order valence-corrected chi connectivity index (χ2v) is 8.39. The smallest absolute Gasteiger partial charge is 0.0619 e. The van der Waals surface area contributed by atoms with E-state index in [2.05, 4.69) is 130 Å². The summed E-state index contributed by atoms with van der Waals surface area (Å²) in [6.45, 7) is 0. The molecule has 0 aliphatic heterocycles. The number of benzene rings is 5. The van der Waals surface area contributed by atoms with Gasteiger partial charge in [-0.1, -0.05) is 107 Å². The molecule has 0 unspecified atom stereocenters. The minimum Gasteiger partial charge on any atom is -0.308 e. The SMILES string of the molecule is Brc1ccc(-n2c3ccccc3c3cccc(-c4ccccc4)c32)c2ccccc12. The van der Waals surface area contributed by atoms with Crippen LogP contribution in [0.25, 0.3) is 49.4 Å². The van der Waals surface area contributed by atoms with Crippen LogP contribution >= 0.6 is 15.9 Å². The molecule has 6 rings (SSSR count). The number of rotatable bonds is 2. The molecule has 0 radical (unpaired) electrons. The van der Waals surface area contributed by atoms with Gasteiger partial charge in [-0.25, -0.2) is 0 Å². The highest BCUT2D eigenvalue weighted by Gasteiger charge is 2.17. The van der Waals surface area contributed by atoms with Crippen LogP contribution in [-0.4, -0.2) is 4.57 Å². The molecule has 1 heterocycles. The highest BCUT2D eigenvalue weighted by Crippen LogP contribution is 2.40. The van der Waals surface area contributed by atoms with Gasteiger partial charge >= 0.3 is 0 Å². The van der Waals surface area contributed by atoms with E-state index in [1.165, 1.54) is 49.4 Å². The lowest BCUT2D eigenvalue weighted by Gasteiger charge is -2.15. The van der Waals surface area contributed by atoms with Gasteiger partial charge in [0, 0.05) is 26.2 Å². The van der Waals surface area contributed by atoms with Gasteiger partial charge in [0.2, 0.25) is 0 Å². The number of halogens is 1. The molecular weight excluding hydrogens is 430 g/mol. The maximum atomic E-state index is 3.74. The largest absolute Gasteiger partial charge is 0.308 e. The Hall–Kier alpha value is -3.36. The molecule has 0 N–H and O–H groups in total. The standard InChI is InChI=1S/C28H18BrN/c29-25-17-18-27(22-12-5-4-11-21(22)25)30-26-16-7-6-13-23(26)24-15-8-14-20(28(24)30)19-9-2-1-3-10-19/h1-18H. The Morgan fingerprint density at radius 3 is 2.00 bits per heavy atom. The minimum atomic E-state index is 1.12. The van der Waals surface area contributed by atoms with Crippen molar-refractivity contribution < 1.29 is 0 Å². The predicted molar refractivity (Wildman–Crippen MR) is 131 cm³/mol. The molecule has 0 bridgehead atoms. The van der Waals surface area contributed by atoms with Gasteiger partial charge in [-0.05, 0) is 29.1 Å². The van der Waals surface area contributed by atoms with Crippen molar-refractivity contribution >= 4 is 48.5 Å². The predicted octanol–water partition coefficient (Wildman–Crippen LogP) is 8.37. The van der Waals surface area contributed by atoms with Crippen LogP contribution in [0, 0.1) is 0 Å². The van der Waals surface area contributed by atoms with Gasteiger partial charge in [0.15, 0.2) is 0 Å². The molecule has 30 heavy (non-hydrogen) atoms. The molecule has 142 valence electrons. The lowest BCUT2D eigenvalue weighted by molar-refractivity contribution is 1.20. The molecular formula is C28H18BrN. The highest BCUT2D eigenvalue weighted by molar-refractivity contribution is 9.10. The van der Waals surface area contributed by atoms with Crippen molar-refractivity contribution in [2.24, 2.45) is 0 Å². The molecule has 0 saturated heterocycles. The number of fused-ring (bicyclic) bond motifs is 4. The van der Waals surface area contributed by atoms with Gasteiger partial charge in [-0.15, -0.1) is 0 Å². The first-order chi connectivity index (χ1) is 14.8. The minimum absolute atomic E-state index is 1.12. The fourth-order valence-electron chi connectivity index (χ4n) is 4.56. The quantitative estimate of drug-likeness (QED) is 0.251. The average Bonchev–Trinajstić information content (AvgIpc) is 3.15. The van der Waals surface area contributed by atoms with Crippen LogP contribution in [0.2, 0.25) is 0 Å². The second kappa shape index (κ2) is 6.86. The van der Waals surface area contributed by atoms with E-state index in [4.69, 9.17) is 0 Å². The van der Waals surface area contributed by atoms with E-state index in [1.54, 1.807) is 0 Å². The van der Waals surface area contributed by atoms with Crippen LogP contribution in [-0.2, 0) is 0 Å². The first-order valence-electron chi connectivity index (χ1n) is 10.1. The number of hydrogen-bond acceptors (Lipinski definition) is 0. The monoisotopic (exact) mass is 447 g/mol. The van der Waals surface area contributed by atoms with Crippen molar-refractivity contribution in [1.29, 1.82) is 0 Å². The van der Waals surface area contributed by atoms with E-state index < -0.39 is 0 Å². The van der Waals surface area contributed by atoms with Gasteiger partial charge in [0.1, 0.15) is 0 Å². The van der Waals surface area contributed by atoms with Crippen LogP contribution in [0.15, 0.2) is 114 Å². The maximum Gasteiger partial charge on any atom is 0.0619 e. The van der Waals surface area contributed by atoms with Crippen LogP contribution in [0.4, 0.5) is 0 Å². The molecule has 0 aliphatic carbocycles. The van der Waals surface area contributed by atoms with Crippen molar-refractivity contribution in [3.05, 3.63) is 114 Å². The molecule has 1 nitrogen and oxygen atoms in total. The normalized spacial score (nSPS) is 11.5. The van der Waals surface area contributed by atoms with Crippen LogP contribution < -0.4 is 0 Å². The van der Waals surface area contributed by atoms with E-state index in [0.717, 1.165) is 4.47 Å². The van der Waals surface area contributed by atoms with Gasteiger partial charge in [-0.3, -0.25) is 0 Å². The van der Waals surface area contributed by atoms with Gasteiger partial charge in [0.25, 0.3) is 0 Å². The molecule has 0 spiro atoms. The van der Waals surface area contributed by atoms with E-state index >= 15 is 0 Å². The topological polar surface area (TPSA) is 4.93 Å². The number of nitrogens with zero attached hydrogens (tertiary/aromatic N) is 1. The summed E-state index contributed by atoms with van der Waals surface area (Å²) in [7, 11) is 0. The van der Waals surface area contributed by atoms with Gasteiger partial charge in [0.05, 0.1) is 16.7 Å². The molecule has 5 aromatic carbocycles. The molecule has 2 heteroatoms. The van der Waals surface area contributed by atoms with Crippen molar-refractivity contribution in [1.82, 2.24) is 4.57 Å². The third kappa shape index (κ3) is 2.54. The van der Waals surface area contributed by atoms with Crippen molar-refractivity contribution in [3.63, 3.8) is 0 Å². The molecule has 1 aromatic heterocycles. The summed E-state index contributed by atoms with van der Waals surface area (Å²) in [5.74, 6) is 0. The van der Waals surface area contributed by atoms with Crippen molar-refractivity contribution in [3.8, 4) is 16.8 Å². The van der Waals surface area contributed by atoms with E-state index in [1.807, 2.05) is 0 Å². The Kier molecular flexibility index (Phi) is 4.00. The first kappa shape index (κ1) is 17.5. The Morgan fingerprint density at radius 1 is 0.500 bits per heavy atom. The number of aromatic nitrogens is 1. The fourth-order valence-corrected chi connectivity index (χ4v) is 5.04. The van der Waals surface area contributed by atoms with E-state index in [0.29, 0.717) is 0 Å².